The first-order chi connectivity index (χ1) is 17.5. The Labute approximate surface area is 211 Å². The Bertz CT molecular complexity index is 1040. The van der Waals surface area contributed by atoms with Crippen LogP contribution in [0.2, 0.25) is 0 Å². The van der Waals surface area contributed by atoms with Crippen LogP contribution in [0.5, 0.6) is 0 Å². The summed E-state index contributed by atoms with van der Waals surface area (Å²) in [6.07, 6.45) is 6.88. The maximum atomic E-state index is 13.9. The van der Waals surface area contributed by atoms with Gasteiger partial charge in [0.2, 0.25) is 5.91 Å². The van der Waals surface area contributed by atoms with Crippen molar-refractivity contribution in [3.05, 3.63) is 41.7 Å². The normalized spacial score (nSPS) is 32.8. The number of halogens is 1. The predicted molar refractivity (Wildman–Crippen MR) is 132 cm³/mol. The smallest absolute Gasteiger partial charge is 0.254 e. The Hall–Kier alpha value is -2.29. The van der Waals surface area contributed by atoms with Crippen molar-refractivity contribution in [2.24, 2.45) is 23.7 Å². The summed E-state index contributed by atoms with van der Waals surface area (Å²) in [5.41, 5.74) is 1.14. The second-order valence-corrected chi connectivity index (χ2v) is 11.3. The topological polar surface area (TPSA) is 82.1 Å². The van der Waals surface area contributed by atoms with Gasteiger partial charge in [-0.05, 0) is 61.6 Å². The number of nitrogens with one attached hydrogen (secondary N) is 1. The van der Waals surface area contributed by atoms with Gasteiger partial charge in [-0.15, -0.1) is 0 Å². The lowest BCUT2D eigenvalue weighted by atomic mass is 9.87. The summed E-state index contributed by atoms with van der Waals surface area (Å²) in [7, 11) is 0. The number of rotatable bonds is 7. The van der Waals surface area contributed by atoms with Gasteiger partial charge in [0.25, 0.3) is 5.91 Å². The van der Waals surface area contributed by atoms with Crippen LogP contribution in [0, 0.1) is 29.5 Å². The third kappa shape index (κ3) is 4.37. The molecular weight excluding hydrogens is 461 g/mol. The molecule has 0 aromatic heterocycles. The molecule has 4 heterocycles. The number of ether oxygens (including phenoxy) is 1. The lowest BCUT2D eigenvalue weighted by Gasteiger charge is -2.40. The maximum Gasteiger partial charge on any atom is 0.254 e. The second kappa shape index (κ2) is 9.88. The van der Waals surface area contributed by atoms with Crippen molar-refractivity contribution in [3.8, 4) is 0 Å². The van der Waals surface area contributed by atoms with Crippen LogP contribution in [0.25, 0.3) is 5.57 Å². The number of aliphatic hydroxyl groups excluding tert-OH is 1. The standard InChI is InChI=1S/C28H36FN3O4/c29-20-3-1-2-19(12-20)21-6-7-24-25-22(15-31(24)28(21)35)23(16-33)26(27(34)30-13-17-4-5-17)32(25)14-18-8-10-36-11-9-18/h1-3,6,12,17-18,22-26,33H,4-5,7-11,13-16H2,(H,30,34)/t22-,23-,24?,25+,26-/m1/s1. The van der Waals surface area contributed by atoms with Gasteiger partial charge in [0.1, 0.15) is 5.82 Å². The number of hydrogen-bond acceptors (Lipinski definition) is 5. The first kappa shape index (κ1) is 24.1. The lowest BCUT2D eigenvalue weighted by molar-refractivity contribution is -0.130. The molecule has 5 aliphatic rings. The molecule has 1 saturated carbocycles. The van der Waals surface area contributed by atoms with Crippen molar-refractivity contribution in [2.45, 2.75) is 50.2 Å². The van der Waals surface area contributed by atoms with Gasteiger partial charge >= 0.3 is 0 Å². The Kier molecular flexibility index (Phi) is 6.60. The number of carbonyl (C=O) groups excluding carboxylic acids is 2. The highest BCUT2D eigenvalue weighted by molar-refractivity contribution is 6.20. The summed E-state index contributed by atoms with van der Waals surface area (Å²) in [4.78, 5) is 31.4. The zero-order valence-electron chi connectivity index (χ0n) is 20.7. The molecule has 1 unspecified atom stereocenters. The second-order valence-electron chi connectivity index (χ2n) is 11.3. The van der Waals surface area contributed by atoms with Crippen LogP contribution < -0.4 is 5.32 Å². The fourth-order valence-corrected chi connectivity index (χ4v) is 7.05. The zero-order chi connectivity index (χ0) is 24.8. The monoisotopic (exact) mass is 497 g/mol. The van der Waals surface area contributed by atoms with E-state index in [1.54, 1.807) is 12.1 Å². The van der Waals surface area contributed by atoms with Crippen molar-refractivity contribution < 1.29 is 23.8 Å². The molecule has 6 rings (SSSR count). The zero-order valence-corrected chi connectivity index (χ0v) is 20.7. The molecule has 4 fully saturated rings. The van der Waals surface area contributed by atoms with Crippen LogP contribution in [0.4, 0.5) is 4.39 Å². The molecule has 7 nitrogen and oxygen atoms in total. The van der Waals surface area contributed by atoms with E-state index in [4.69, 9.17) is 4.74 Å². The van der Waals surface area contributed by atoms with E-state index >= 15 is 0 Å². The van der Waals surface area contributed by atoms with Crippen LogP contribution in [0.3, 0.4) is 0 Å². The molecule has 0 bridgehead atoms. The Morgan fingerprint density at radius 2 is 1.97 bits per heavy atom. The summed E-state index contributed by atoms with van der Waals surface area (Å²) in [5, 5.41) is 13.7. The lowest BCUT2D eigenvalue weighted by Crippen LogP contribution is -2.55. The van der Waals surface area contributed by atoms with Gasteiger partial charge < -0.3 is 20.1 Å². The van der Waals surface area contributed by atoms with Crippen LogP contribution in [-0.4, -0.2) is 84.3 Å². The van der Waals surface area contributed by atoms with Crippen molar-refractivity contribution >= 4 is 17.4 Å². The average molecular weight is 498 g/mol. The minimum atomic E-state index is -0.377. The van der Waals surface area contributed by atoms with E-state index < -0.39 is 0 Å². The highest BCUT2D eigenvalue weighted by Crippen LogP contribution is 2.47. The molecule has 2 N–H and O–H groups in total. The minimum absolute atomic E-state index is 0.0205. The molecule has 2 amide bonds. The van der Waals surface area contributed by atoms with Crippen molar-refractivity contribution in [1.29, 1.82) is 0 Å². The summed E-state index contributed by atoms with van der Waals surface area (Å²) < 4.78 is 19.5. The van der Waals surface area contributed by atoms with E-state index in [0.717, 1.165) is 32.6 Å². The minimum Gasteiger partial charge on any atom is -0.396 e. The van der Waals surface area contributed by atoms with E-state index in [2.05, 4.69) is 10.2 Å². The molecular formula is C28H36FN3O4. The van der Waals surface area contributed by atoms with Crippen LogP contribution in [0.15, 0.2) is 30.3 Å². The molecule has 0 spiro atoms. The third-order valence-electron chi connectivity index (χ3n) is 9.08. The number of nitrogens with zero attached hydrogens (tertiary/aromatic N) is 2. The number of amides is 2. The fraction of sp³-hybridized carbons (Fsp3) is 0.643. The summed E-state index contributed by atoms with van der Waals surface area (Å²) in [6, 6.07) is 5.80. The van der Waals surface area contributed by atoms with E-state index in [0.29, 0.717) is 42.5 Å². The highest BCUT2D eigenvalue weighted by atomic mass is 19.1. The molecule has 194 valence electrons. The Balaban J connectivity index is 1.29. The number of benzene rings is 1. The molecule has 4 aliphatic heterocycles. The molecule has 1 aromatic rings. The van der Waals surface area contributed by atoms with E-state index in [1.807, 2.05) is 11.0 Å². The largest absolute Gasteiger partial charge is 0.396 e. The van der Waals surface area contributed by atoms with Crippen LogP contribution >= 0.6 is 0 Å². The van der Waals surface area contributed by atoms with Gasteiger partial charge in [0, 0.05) is 62.9 Å². The first-order valence-electron chi connectivity index (χ1n) is 13.5. The van der Waals surface area contributed by atoms with Gasteiger partial charge in [-0.25, -0.2) is 4.39 Å². The van der Waals surface area contributed by atoms with Gasteiger partial charge in [-0.3, -0.25) is 14.5 Å². The summed E-state index contributed by atoms with van der Waals surface area (Å²) in [5.74, 6) is 0.415. The van der Waals surface area contributed by atoms with Gasteiger partial charge in [0.05, 0.1) is 12.1 Å². The molecule has 1 aromatic carbocycles. The van der Waals surface area contributed by atoms with Crippen molar-refractivity contribution in [1.82, 2.24) is 15.1 Å². The predicted octanol–water partition coefficient (Wildman–Crippen LogP) is 2.05. The van der Waals surface area contributed by atoms with E-state index in [1.165, 1.54) is 25.0 Å². The Morgan fingerprint density at radius 1 is 1.17 bits per heavy atom. The quantitative estimate of drug-likeness (QED) is 0.603. The molecule has 36 heavy (non-hydrogen) atoms. The molecule has 1 aliphatic carbocycles. The maximum absolute atomic E-state index is 13.9. The number of hydrogen-bond donors (Lipinski definition) is 2. The number of fused-ring (bicyclic) bond motifs is 3. The fourth-order valence-electron chi connectivity index (χ4n) is 7.05. The van der Waals surface area contributed by atoms with Gasteiger partial charge in [-0.1, -0.05) is 18.2 Å². The summed E-state index contributed by atoms with van der Waals surface area (Å²) in [6.45, 7) is 3.41. The van der Waals surface area contributed by atoms with E-state index in [9.17, 15) is 19.1 Å². The first-order valence-corrected chi connectivity index (χ1v) is 13.5. The Morgan fingerprint density at radius 3 is 2.69 bits per heavy atom. The van der Waals surface area contributed by atoms with E-state index in [-0.39, 0.29) is 54.2 Å². The van der Waals surface area contributed by atoms with Crippen molar-refractivity contribution in [2.75, 3.05) is 39.5 Å². The number of carbonyl (C=O) groups is 2. The molecule has 3 saturated heterocycles. The number of likely N-dealkylation sites (tertiary alicyclic amines) is 1. The molecule has 8 heteroatoms. The van der Waals surface area contributed by atoms with Gasteiger partial charge in [0.15, 0.2) is 0 Å². The van der Waals surface area contributed by atoms with Crippen LogP contribution in [-0.2, 0) is 14.3 Å². The SMILES string of the molecule is O=C(NCC1CC1)[C@H]1[C@H](CO)[C@H]2CN3C(=O)C(c4cccc(F)c4)=CCC3[C@H]2N1CC1CCOCC1. The summed E-state index contributed by atoms with van der Waals surface area (Å²) >= 11 is 0. The molecule has 0 radical (unpaired) electrons. The molecule has 5 atom stereocenters. The van der Waals surface area contributed by atoms with Crippen LogP contribution in [0.1, 0.15) is 37.7 Å². The number of aliphatic hydroxyl groups is 1. The average Bonchev–Trinajstić information content (AvgIpc) is 3.56. The van der Waals surface area contributed by atoms with Gasteiger partial charge in [-0.2, -0.15) is 0 Å². The van der Waals surface area contributed by atoms with Crippen molar-refractivity contribution in [3.63, 3.8) is 0 Å². The highest BCUT2D eigenvalue weighted by Gasteiger charge is 2.60. The third-order valence-corrected chi connectivity index (χ3v) is 9.08.